The van der Waals surface area contributed by atoms with E-state index < -0.39 is 23.5 Å². The first-order valence-corrected chi connectivity index (χ1v) is 5.43. The van der Waals surface area contributed by atoms with Crippen LogP contribution in [0.25, 0.3) is 0 Å². The number of benzene rings is 1. The van der Waals surface area contributed by atoms with Crippen LogP contribution in [0.5, 0.6) is 5.75 Å². The average Bonchev–Trinajstić information content (AvgIpc) is 2.82. The Kier molecular flexibility index (Phi) is 3.60. The number of amides is 2. The van der Waals surface area contributed by atoms with E-state index in [1.165, 1.54) is 18.2 Å². The molecule has 0 spiro atoms. The predicted octanol–water partition coefficient (Wildman–Crippen LogP) is 0.952. The SMILES string of the molecule is O=C(COc1ccccc1[N+](=O)[O-])N1CCOC1=O. The van der Waals surface area contributed by atoms with E-state index >= 15 is 0 Å². The molecule has 0 bridgehead atoms. The molecule has 2 amide bonds. The maximum absolute atomic E-state index is 11.6. The monoisotopic (exact) mass is 266 g/mol. The number of para-hydroxylation sites is 2. The number of nitro benzene ring substituents is 1. The third kappa shape index (κ3) is 2.79. The summed E-state index contributed by atoms with van der Waals surface area (Å²) in [4.78, 5) is 33.8. The van der Waals surface area contributed by atoms with Crippen LogP contribution in [-0.4, -0.2) is 41.6 Å². The van der Waals surface area contributed by atoms with Crippen LogP contribution in [0.3, 0.4) is 0 Å². The van der Waals surface area contributed by atoms with Gasteiger partial charge in [-0.3, -0.25) is 14.9 Å². The van der Waals surface area contributed by atoms with Crippen LogP contribution in [0, 0.1) is 10.1 Å². The van der Waals surface area contributed by atoms with E-state index in [-0.39, 0.29) is 24.6 Å². The third-order valence-corrected chi connectivity index (χ3v) is 2.47. The Bertz CT molecular complexity index is 530. The van der Waals surface area contributed by atoms with Gasteiger partial charge < -0.3 is 9.47 Å². The number of hydrogen-bond donors (Lipinski definition) is 0. The Balaban J connectivity index is 2.01. The topological polar surface area (TPSA) is 99.0 Å². The number of nitrogens with zero attached hydrogens (tertiary/aromatic N) is 2. The summed E-state index contributed by atoms with van der Waals surface area (Å²) in [5, 5.41) is 10.7. The van der Waals surface area contributed by atoms with Gasteiger partial charge in [0.15, 0.2) is 12.4 Å². The molecule has 0 atom stereocenters. The Morgan fingerprint density at radius 2 is 2.21 bits per heavy atom. The largest absolute Gasteiger partial charge is 0.477 e. The molecule has 1 aliphatic heterocycles. The van der Waals surface area contributed by atoms with Crippen LogP contribution in [0.1, 0.15) is 0 Å². The van der Waals surface area contributed by atoms with Gasteiger partial charge in [0.1, 0.15) is 6.61 Å². The van der Waals surface area contributed by atoms with Crippen molar-refractivity contribution in [3.05, 3.63) is 34.4 Å². The van der Waals surface area contributed by atoms with E-state index in [1.807, 2.05) is 0 Å². The second-order valence-electron chi connectivity index (χ2n) is 3.67. The van der Waals surface area contributed by atoms with Crippen molar-refractivity contribution < 1.29 is 24.0 Å². The lowest BCUT2D eigenvalue weighted by Crippen LogP contribution is -2.35. The average molecular weight is 266 g/mol. The number of cyclic esters (lactones) is 1. The van der Waals surface area contributed by atoms with Gasteiger partial charge in [0.25, 0.3) is 5.91 Å². The molecule has 1 aromatic carbocycles. The molecule has 1 saturated heterocycles. The predicted molar refractivity (Wildman–Crippen MR) is 61.7 cm³/mol. The zero-order chi connectivity index (χ0) is 13.8. The zero-order valence-electron chi connectivity index (χ0n) is 9.77. The lowest BCUT2D eigenvalue weighted by Gasteiger charge is -2.11. The molecule has 0 radical (unpaired) electrons. The van der Waals surface area contributed by atoms with Crippen molar-refractivity contribution >= 4 is 17.7 Å². The smallest absolute Gasteiger partial charge is 0.416 e. The molecule has 19 heavy (non-hydrogen) atoms. The fourth-order valence-electron chi connectivity index (χ4n) is 1.57. The second-order valence-corrected chi connectivity index (χ2v) is 3.67. The Labute approximate surface area is 107 Å². The van der Waals surface area contributed by atoms with Crippen LogP contribution in [-0.2, 0) is 9.53 Å². The molecule has 1 fully saturated rings. The van der Waals surface area contributed by atoms with Gasteiger partial charge >= 0.3 is 11.8 Å². The van der Waals surface area contributed by atoms with Crippen LogP contribution in [0.2, 0.25) is 0 Å². The van der Waals surface area contributed by atoms with Crippen molar-refractivity contribution in [2.45, 2.75) is 0 Å². The van der Waals surface area contributed by atoms with Crippen LogP contribution >= 0.6 is 0 Å². The lowest BCUT2D eigenvalue weighted by atomic mass is 10.3. The van der Waals surface area contributed by atoms with Crippen molar-refractivity contribution in [2.24, 2.45) is 0 Å². The highest BCUT2D eigenvalue weighted by atomic mass is 16.6. The van der Waals surface area contributed by atoms with Crippen LogP contribution in [0.15, 0.2) is 24.3 Å². The molecular weight excluding hydrogens is 256 g/mol. The first-order valence-electron chi connectivity index (χ1n) is 5.43. The minimum Gasteiger partial charge on any atom is -0.477 e. The summed E-state index contributed by atoms with van der Waals surface area (Å²) in [6.07, 6.45) is -0.726. The summed E-state index contributed by atoms with van der Waals surface area (Å²) in [5.41, 5.74) is -0.237. The molecule has 8 nitrogen and oxygen atoms in total. The van der Waals surface area contributed by atoms with Gasteiger partial charge in [-0.1, -0.05) is 12.1 Å². The number of hydrogen-bond acceptors (Lipinski definition) is 6. The van der Waals surface area contributed by atoms with Crippen molar-refractivity contribution in [3.8, 4) is 5.75 Å². The fourth-order valence-corrected chi connectivity index (χ4v) is 1.57. The molecule has 1 aliphatic rings. The molecule has 0 saturated carbocycles. The number of nitro groups is 1. The summed E-state index contributed by atoms with van der Waals surface area (Å²) in [7, 11) is 0. The maximum atomic E-state index is 11.6. The first kappa shape index (κ1) is 12.8. The Hall–Kier alpha value is -2.64. The summed E-state index contributed by atoms with van der Waals surface area (Å²) in [6, 6.07) is 5.69. The number of ether oxygens (including phenoxy) is 2. The van der Waals surface area contributed by atoms with Crippen molar-refractivity contribution in [1.29, 1.82) is 0 Å². The molecule has 2 rings (SSSR count). The molecule has 0 aliphatic carbocycles. The summed E-state index contributed by atoms with van der Waals surface area (Å²) >= 11 is 0. The second kappa shape index (κ2) is 5.34. The minimum absolute atomic E-state index is 0.0200. The van der Waals surface area contributed by atoms with Crippen molar-refractivity contribution in [2.75, 3.05) is 19.8 Å². The van der Waals surface area contributed by atoms with Gasteiger partial charge in [-0.15, -0.1) is 0 Å². The molecule has 1 aromatic rings. The number of rotatable bonds is 4. The number of carbonyl (C=O) groups is 2. The fraction of sp³-hybridized carbons (Fsp3) is 0.273. The first-order chi connectivity index (χ1) is 9.09. The molecule has 0 unspecified atom stereocenters. The van der Waals surface area contributed by atoms with Gasteiger partial charge in [0, 0.05) is 6.07 Å². The van der Waals surface area contributed by atoms with E-state index in [0.29, 0.717) is 0 Å². The molecule has 0 N–H and O–H groups in total. The lowest BCUT2D eigenvalue weighted by molar-refractivity contribution is -0.385. The molecule has 8 heteroatoms. The molecule has 1 heterocycles. The Morgan fingerprint density at radius 1 is 1.47 bits per heavy atom. The van der Waals surface area contributed by atoms with E-state index in [0.717, 1.165) is 4.90 Å². The van der Waals surface area contributed by atoms with Crippen molar-refractivity contribution in [1.82, 2.24) is 4.90 Å². The molecular formula is C11H10N2O6. The van der Waals surface area contributed by atoms with Gasteiger partial charge in [-0.2, -0.15) is 0 Å². The maximum Gasteiger partial charge on any atom is 0.416 e. The van der Waals surface area contributed by atoms with Crippen molar-refractivity contribution in [3.63, 3.8) is 0 Å². The van der Waals surface area contributed by atoms with E-state index in [1.54, 1.807) is 6.07 Å². The third-order valence-electron chi connectivity index (χ3n) is 2.47. The summed E-state index contributed by atoms with van der Waals surface area (Å²) in [6.45, 7) is -0.145. The van der Waals surface area contributed by atoms with Crippen LogP contribution < -0.4 is 4.74 Å². The van der Waals surface area contributed by atoms with E-state index in [2.05, 4.69) is 4.74 Å². The Morgan fingerprint density at radius 3 is 2.84 bits per heavy atom. The standard InChI is InChI=1S/C11H10N2O6/c14-10(12-5-6-18-11(12)15)7-19-9-4-2-1-3-8(9)13(16)17/h1-4H,5-7H2. The zero-order valence-corrected chi connectivity index (χ0v) is 9.77. The highest BCUT2D eigenvalue weighted by Gasteiger charge is 2.29. The van der Waals surface area contributed by atoms with E-state index in [4.69, 9.17) is 4.74 Å². The van der Waals surface area contributed by atoms with E-state index in [9.17, 15) is 19.7 Å². The minimum atomic E-state index is -0.726. The summed E-state index contributed by atoms with van der Waals surface area (Å²) < 4.78 is 9.68. The molecule has 100 valence electrons. The summed E-state index contributed by atoms with van der Waals surface area (Å²) in [5.74, 6) is -0.617. The van der Waals surface area contributed by atoms with Gasteiger partial charge in [0.2, 0.25) is 0 Å². The normalized spacial score (nSPS) is 14.1. The number of imide groups is 1. The van der Waals surface area contributed by atoms with Gasteiger partial charge in [-0.25, -0.2) is 9.69 Å². The molecule has 0 aromatic heterocycles. The highest BCUT2D eigenvalue weighted by molar-refractivity contribution is 5.93. The van der Waals surface area contributed by atoms with Crippen LogP contribution in [0.4, 0.5) is 10.5 Å². The van der Waals surface area contributed by atoms with Gasteiger partial charge in [0.05, 0.1) is 11.5 Å². The number of carbonyl (C=O) groups excluding carboxylic acids is 2. The van der Waals surface area contributed by atoms with Gasteiger partial charge in [-0.05, 0) is 6.07 Å². The quantitative estimate of drug-likeness (QED) is 0.594. The highest BCUT2D eigenvalue weighted by Crippen LogP contribution is 2.25.